The molecule has 2 unspecified atom stereocenters. The molecule has 0 aromatic rings. The van der Waals surface area contributed by atoms with Gasteiger partial charge in [0.1, 0.15) is 6.10 Å². The lowest BCUT2D eigenvalue weighted by Gasteiger charge is -2.20. The van der Waals surface area contributed by atoms with Crippen LogP contribution in [-0.2, 0) is 27.9 Å². The molecule has 266 valence electrons. The summed E-state index contributed by atoms with van der Waals surface area (Å²) in [5.41, 5.74) is 5.30. The third-order valence-corrected chi connectivity index (χ3v) is 8.61. The average Bonchev–Trinajstić information content (AvgIpc) is 3.03. The molecular formula is C36H70NO7P. The van der Waals surface area contributed by atoms with E-state index in [4.69, 9.17) is 24.3 Å². The maximum absolute atomic E-state index is 12.0. The summed E-state index contributed by atoms with van der Waals surface area (Å²) < 4.78 is 32.7. The van der Waals surface area contributed by atoms with E-state index in [2.05, 4.69) is 31.2 Å². The van der Waals surface area contributed by atoms with Crippen LogP contribution in [0.5, 0.6) is 0 Å². The highest BCUT2D eigenvalue weighted by atomic mass is 31.2. The van der Waals surface area contributed by atoms with Crippen LogP contribution in [0.15, 0.2) is 24.3 Å². The zero-order chi connectivity index (χ0) is 33.1. The number of carbonyl (C=O) groups excluding carboxylic acids is 1. The van der Waals surface area contributed by atoms with Gasteiger partial charge >= 0.3 is 13.8 Å². The molecule has 9 heteroatoms. The summed E-state index contributed by atoms with van der Waals surface area (Å²) >= 11 is 0. The number of hydrogen-bond acceptors (Lipinski definition) is 7. The summed E-state index contributed by atoms with van der Waals surface area (Å²) in [5.74, 6) is -0.366. The Morgan fingerprint density at radius 2 is 1.18 bits per heavy atom. The van der Waals surface area contributed by atoms with Gasteiger partial charge in [-0.05, 0) is 44.9 Å². The molecule has 0 fully saturated rings. The van der Waals surface area contributed by atoms with E-state index in [0.29, 0.717) is 13.0 Å². The van der Waals surface area contributed by atoms with Gasteiger partial charge in [0.05, 0.1) is 19.8 Å². The molecule has 0 saturated carbocycles. The van der Waals surface area contributed by atoms with Gasteiger partial charge in [-0.3, -0.25) is 13.8 Å². The number of phosphoric ester groups is 1. The molecule has 0 aliphatic rings. The van der Waals surface area contributed by atoms with Crippen molar-refractivity contribution in [3.63, 3.8) is 0 Å². The lowest BCUT2D eigenvalue weighted by Crippen LogP contribution is -2.28. The number of phosphoric acid groups is 1. The first-order chi connectivity index (χ1) is 21.9. The van der Waals surface area contributed by atoms with E-state index in [9.17, 15) is 14.3 Å². The molecule has 8 nitrogen and oxygen atoms in total. The SMILES string of the molecule is CCCCCCC/C=C\C/C=C\CCCCCCCCCCCCCCOCC(COP(=O)(O)OCCN)OC(=O)CCCC. The number of rotatable bonds is 35. The van der Waals surface area contributed by atoms with Crippen molar-refractivity contribution in [2.24, 2.45) is 5.73 Å². The molecule has 0 bridgehead atoms. The highest BCUT2D eigenvalue weighted by molar-refractivity contribution is 7.47. The van der Waals surface area contributed by atoms with Gasteiger partial charge in [-0.1, -0.05) is 134 Å². The third-order valence-electron chi connectivity index (χ3n) is 7.62. The van der Waals surface area contributed by atoms with Crippen molar-refractivity contribution in [3.05, 3.63) is 24.3 Å². The van der Waals surface area contributed by atoms with E-state index in [-0.39, 0.29) is 32.3 Å². The number of hydrogen-bond donors (Lipinski definition) is 2. The molecule has 0 aromatic carbocycles. The van der Waals surface area contributed by atoms with Crippen molar-refractivity contribution in [1.29, 1.82) is 0 Å². The Bertz CT molecular complexity index is 747. The smallest absolute Gasteiger partial charge is 0.457 e. The van der Waals surface area contributed by atoms with Gasteiger partial charge in [-0.2, -0.15) is 0 Å². The van der Waals surface area contributed by atoms with Crippen LogP contribution >= 0.6 is 7.82 Å². The van der Waals surface area contributed by atoms with Crippen LogP contribution in [0.2, 0.25) is 0 Å². The second kappa shape index (κ2) is 34.3. The molecule has 0 aliphatic heterocycles. The normalized spacial score (nSPS) is 14.0. The number of carbonyl (C=O) groups is 1. The second-order valence-corrected chi connectivity index (χ2v) is 13.5. The standard InChI is InChI=1S/C36H70NO7P/c1-3-5-7-8-9-10-11-12-13-14-15-16-17-18-19-20-21-22-23-24-25-26-27-28-31-41-33-35(44-36(38)29-6-4-2)34-43-45(39,40)42-32-30-37/h11-12,14-15,35H,3-10,13,16-34,37H2,1-2H3,(H,39,40)/b12-11-,15-14-. The second-order valence-electron chi connectivity index (χ2n) is 12.1. The number of unbranched alkanes of at least 4 members (excludes halogenated alkanes) is 18. The first-order valence-corrected chi connectivity index (χ1v) is 19.8. The minimum Gasteiger partial charge on any atom is -0.457 e. The molecule has 45 heavy (non-hydrogen) atoms. The monoisotopic (exact) mass is 659 g/mol. The predicted octanol–water partition coefficient (Wildman–Crippen LogP) is 10.1. The maximum Gasteiger partial charge on any atom is 0.472 e. The van der Waals surface area contributed by atoms with E-state index >= 15 is 0 Å². The lowest BCUT2D eigenvalue weighted by molar-refractivity contribution is -0.154. The molecule has 0 radical (unpaired) electrons. The van der Waals surface area contributed by atoms with Crippen molar-refractivity contribution < 1.29 is 32.8 Å². The predicted molar refractivity (Wildman–Crippen MR) is 187 cm³/mol. The number of allylic oxidation sites excluding steroid dienone is 4. The minimum atomic E-state index is -4.24. The fraction of sp³-hybridized carbons (Fsp3) is 0.861. The van der Waals surface area contributed by atoms with Crippen LogP contribution in [0.4, 0.5) is 0 Å². The van der Waals surface area contributed by atoms with Crippen molar-refractivity contribution in [2.75, 3.05) is 33.0 Å². The summed E-state index contributed by atoms with van der Waals surface area (Å²) in [4.78, 5) is 21.8. The van der Waals surface area contributed by atoms with Crippen LogP contribution in [0.3, 0.4) is 0 Å². The lowest BCUT2D eigenvalue weighted by atomic mass is 10.0. The number of esters is 1. The Balaban J connectivity index is 3.67. The van der Waals surface area contributed by atoms with Gasteiger partial charge in [0, 0.05) is 19.6 Å². The Morgan fingerprint density at radius 1 is 0.667 bits per heavy atom. The Hall–Kier alpha value is -1.02. The Kier molecular flexibility index (Phi) is 33.5. The molecule has 0 saturated heterocycles. The van der Waals surface area contributed by atoms with Crippen molar-refractivity contribution >= 4 is 13.8 Å². The highest BCUT2D eigenvalue weighted by Gasteiger charge is 2.25. The van der Waals surface area contributed by atoms with Crippen LogP contribution in [0, 0.1) is 0 Å². The summed E-state index contributed by atoms with van der Waals surface area (Å²) in [6, 6.07) is 0. The van der Waals surface area contributed by atoms with Crippen molar-refractivity contribution in [1.82, 2.24) is 0 Å². The molecule has 0 aromatic heterocycles. The molecule has 0 rings (SSSR count). The third kappa shape index (κ3) is 34.1. The van der Waals surface area contributed by atoms with Gasteiger partial charge in [0.2, 0.25) is 0 Å². The van der Waals surface area contributed by atoms with Crippen LogP contribution < -0.4 is 5.73 Å². The molecule has 0 heterocycles. The minimum absolute atomic E-state index is 0.0957. The topological polar surface area (TPSA) is 117 Å². The molecule has 3 N–H and O–H groups in total. The van der Waals surface area contributed by atoms with Gasteiger partial charge < -0.3 is 20.1 Å². The number of nitrogens with two attached hydrogens (primary N) is 1. The number of ether oxygens (including phenoxy) is 2. The average molecular weight is 660 g/mol. The van der Waals surface area contributed by atoms with Gasteiger partial charge in [-0.25, -0.2) is 4.57 Å². The highest BCUT2D eigenvalue weighted by Crippen LogP contribution is 2.43. The zero-order valence-corrected chi connectivity index (χ0v) is 30.0. The molecular weight excluding hydrogens is 589 g/mol. The van der Waals surface area contributed by atoms with Gasteiger partial charge in [-0.15, -0.1) is 0 Å². The van der Waals surface area contributed by atoms with Crippen LogP contribution in [-0.4, -0.2) is 49.9 Å². The molecule has 0 amide bonds. The Labute approximate surface area is 276 Å². The zero-order valence-electron chi connectivity index (χ0n) is 29.1. The van der Waals surface area contributed by atoms with Crippen LogP contribution in [0.25, 0.3) is 0 Å². The first kappa shape index (κ1) is 44.0. The summed E-state index contributed by atoms with van der Waals surface area (Å²) in [7, 11) is -4.24. The quantitative estimate of drug-likeness (QED) is 0.0299. The fourth-order valence-electron chi connectivity index (χ4n) is 4.89. The van der Waals surface area contributed by atoms with Gasteiger partial charge in [0.15, 0.2) is 0 Å². The molecule has 0 aliphatic carbocycles. The largest absolute Gasteiger partial charge is 0.472 e. The fourth-order valence-corrected chi connectivity index (χ4v) is 5.65. The van der Waals surface area contributed by atoms with E-state index in [0.717, 1.165) is 32.1 Å². The first-order valence-electron chi connectivity index (χ1n) is 18.3. The summed E-state index contributed by atoms with van der Waals surface area (Å²) in [5, 5.41) is 0. The van der Waals surface area contributed by atoms with Gasteiger partial charge in [0.25, 0.3) is 0 Å². The van der Waals surface area contributed by atoms with E-state index < -0.39 is 13.9 Å². The van der Waals surface area contributed by atoms with Crippen molar-refractivity contribution in [3.8, 4) is 0 Å². The maximum atomic E-state index is 12.0. The molecule has 0 spiro atoms. The van der Waals surface area contributed by atoms with E-state index in [1.807, 2.05) is 6.92 Å². The Morgan fingerprint density at radius 3 is 1.71 bits per heavy atom. The van der Waals surface area contributed by atoms with Crippen LogP contribution in [0.1, 0.15) is 162 Å². The van der Waals surface area contributed by atoms with E-state index in [1.165, 1.54) is 109 Å². The van der Waals surface area contributed by atoms with E-state index in [1.54, 1.807) is 0 Å². The summed E-state index contributed by atoms with van der Waals surface area (Å²) in [6.07, 6.45) is 36.0. The summed E-state index contributed by atoms with van der Waals surface area (Å²) in [6.45, 7) is 4.66. The van der Waals surface area contributed by atoms with Crippen molar-refractivity contribution in [2.45, 2.75) is 168 Å². The molecule has 2 atom stereocenters.